The van der Waals surface area contributed by atoms with E-state index in [-0.39, 0.29) is 18.7 Å². The summed E-state index contributed by atoms with van der Waals surface area (Å²) in [6, 6.07) is -0.581. The van der Waals surface area contributed by atoms with Gasteiger partial charge in [-0.25, -0.2) is 4.79 Å². The number of hydrogen-bond acceptors (Lipinski definition) is 6. The average Bonchev–Trinajstić information content (AvgIpc) is 2.79. The fourth-order valence-corrected chi connectivity index (χ4v) is 4.99. The van der Waals surface area contributed by atoms with Crippen LogP contribution in [-0.4, -0.2) is 59.1 Å². The topological polar surface area (TPSA) is 171 Å². The van der Waals surface area contributed by atoms with Gasteiger partial charge in [0.1, 0.15) is 5.54 Å². The van der Waals surface area contributed by atoms with Crippen molar-refractivity contribution in [3.63, 3.8) is 0 Å². The van der Waals surface area contributed by atoms with Crippen molar-refractivity contribution in [2.75, 3.05) is 5.75 Å². The molecule has 0 aromatic rings. The molecular weight excluding hydrogens is 440 g/mol. The van der Waals surface area contributed by atoms with E-state index in [0.717, 1.165) is 0 Å². The molecule has 0 radical (unpaired) electrons. The molecule has 11 nitrogen and oxygen atoms in total. The Morgan fingerprint density at radius 3 is 2.06 bits per heavy atom. The maximum absolute atomic E-state index is 12.9. The van der Waals surface area contributed by atoms with Gasteiger partial charge in [-0.1, -0.05) is 13.8 Å². The highest BCUT2D eigenvalue weighted by molar-refractivity contribution is 7.85. The molecule has 12 heteroatoms. The van der Waals surface area contributed by atoms with Crippen molar-refractivity contribution in [1.82, 2.24) is 21.3 Å². The molecule has 1 heterocycles. The highest BCUT2D eigenvalue weighted by atomic mass is 32.2. The second-order valence-corrected chi connectivity index (χ2v) is 11.6. The number of carbonyl (C=O) groups excluding carboxylic acids is 4. The number of urea groups is 1. The van der Waals surface area contributed by atoms with Crippen molar-refractivity contribution in [3.8, 4) is 0 Å². The van der Waals surface area contributed by atoms with Crippen LogP contribution in [0.1, 0.15) is 67.7 Å². The number of amides is 5. The van der Waals surface area contributed by atoms with E-state index in [1.807, 2.05) is 6.92 Å². The summed E-state index contributed by atoms with van der Waals surface area (Å²) >= 11 is 0. The minimum absolute atomic E-state index is 0.166. The van der Waals surface area contributed by atoms with Gasteiger partial charge < -0.3 is 16.0 Å². The Balaban J connectivity index is 2.76. The van der Waals surface area contributed by atoms with Crippen LogP contribution in [0.3, 0.4) is 0 Å². The Kier molecular flexibility index (Phi) is 8.46. The number of carbonyl (C=O) groups is 4. The van der Waals surface area contributed by atoms with E-state index < -0.39 is 62.2 Å². The van der Waals surface area contributed by atoms with E-state index in [4.69, 9.17) is 4.55 Å². The smallest absolute Gasteiger partial charge is 0.322 e. The standard InChI is InChI=1S/C20H36N4O7S/c1-8-13(9-12(2)14(25)22-19(5,6)11-32(29,30)31)15(26)23-18(3,4)10-20(7)16(27)21-17(28)24-20/h12-13H,8-11H2,1-7H3,(H,22,25)(H,23,26)(H,29,30,31)(H2,21,24,27,28). The molecule has 3 unspecified atom stereocenters. The van der Waals surface area contributed by atoms with Crippen LogP contribution in [0.4, 0.5) is 4.79 Å². The minimum atomic E-state index is -4.27. The van der Waals surface area contributed by atoms with Crippen molar-refractivity contribution < 1.29 is 32.1 Å². The molecule has 0 saturated carbocycles. The second-order valence-electron chi connectivity index (χ2n) is 10.1. The van der Waals surface area contributed by atoms with Crippen molar-refractivity contribution in [1.29, 1.82) is 0 Å². The molecule has 5 amide bonds. The third kappa shape index (κ3) is 8.38. The van der Waals surface area contributed by atoms with E-state index in [2.05, 4.69) is 21.3 Å². The van der Waals surface area contributed by atoms with Crippen molar-refractivity contribution >= 4 is 33.9 Å². The van der Waals surface area contributed by atoms with E-state index in [9.17, 15) is 27.6 Å². The quantitative estimate of drug-likeness (QED) is 0.216. The summed E-state index contributed by atoms with van der Waals surface area (Å²) in [7, 11) is -4.27. The number of rotatable bonds is 11. The van der Waals surface area contributed by atoms with Crippen LogP contribution in [0.5, 0.6) is 0 Å². The first-order chi connectivity index (χ1) is 14.3. The largest absolute Gasteiger partial charge is 0.351 e. The Hall–Kier alpha value is -2.21. The molecule has 0 bridgehead atoms. The zero-order valence-corrected chi connectivity index (χ0v) is 20.6. The summed E-state index contributed by atoms with van der Waals surface area (Å²) < 4.78 is 31.3. The summed E-state index contributed by atoms with van der Waals surface area (Å²) in [5.74, 6) is -2.90. The van der Waals surface area contributed by atoms with Gasteiger partial charge >= 0.3 is 6.03 Å². The number of imide groups is 1. The van der Waals surface area contributed by atoms with Gasteiger partial charge in [0.2, 0.25) is 11.8 Å². The molecule has 5 N–H and O–H groups in total. The van der Waals surface area contributed by atoms with Crippen molar-refractivity contribution in [2.24, 2.45) is 11.8 Å². The summed E-state index contributed by atoms with van der Waals surface area (Å²) in [4.78, 5) is 49.0. The van der Waals surface area contributed by atoms with Gasteiger partial charge in [-0.3, -0.25) is 24.3 Å². The Morgan fingerprint density at radius 2 is 1.62 bits per heavy atom. The van der Waals surface area contributed by atoms with Crippen LogP contribution in [-0.2, 0) is 24.5 Å². The maximum atomic E-state index is 12.9. The highest BCUT2D eigenvalue weighted by Gasteiger charge is 2.46. The molecule has 184 valence electrons. The maximum Gasteiger partial charge on any atom is 0.322 e. The molecule has 0 spiro atoms. The van der Waals surface area contributed by atoms with Gasteiger partial charge in [0.25, 0.3) is 16.0 Å². The van der Waals surface area contributed by atoms with Crippen LogP contribution in [0.15, 0.2) is 0 Å². The van der Waals surface area contributed by atoms with Gasteiger partial charge in [0.05, 0.1) is 11.3 Å². The van der Waals surface area contributed by atoms with E-state index >= 15 is 0 Å². The number of hydrogen-bond donors (Lipinski definition) is 5. The predicted molar refractivity (Wildman–Crippen MR) is 118 cm³/mol. The van der Waals surface area contributed by atoms with Crippen molar-refractivity contribution in [3.05, 3.63) is 0 Å². The van der Waals surface area contributed by atoms with E-state index in [1.165, 1.54) is 13.8 Å². The molecule has 0 aromatic heterocycles. The van der Waals surface area contributed by atoms with Gasteiger partial charge in [-0.2, -0.15) is 8.42 Å². The van der Waals surface area contributed by atoms with Crippen LogP contribution >= 0.6 is 0 Å². The lowest BCUT2D eigenvalue weighted by Gasteiger charge is -2.35. The molecule has 0 aromatic carbocycles. The fourth-order valence-electron chi connectivity index (χ4n) is 4.01. The lowest BCUT2D eigenvalue weighted by Crippen LogP contribution is -2.55. The zero-order chi connectivity index (χ0) is 25.1. The van der Waals surface area contributed by atoms with Crippen LogP contribution in [0.2, 0.25) is 0 Å². The third-order valence-corrected chi connectivity index (χ3v) is 6.42. The Morgan fingerprint density at radius 1 is 1.09 bits per heavy atom. The molecule has 0 aliphatic carbocycles. The molecule has 1 saturated heterocycles. The van der Waals surface area contributed by atoms with Crippen LogP contribution in [0.25, 0.3) is 0 Å². The average molecular weight is 477 g/mol. The first-order valence-electron chi connectivity index (χ1n) is 10.5. The summed E-state index contributed by atoms with van der Waals surface area (Å²) in [5, 5.41) is 10.3. The summed E-state index contributed by atoms with van der Waals surface area (Å²) in [5.41, 5.74) is -3.15. The lowest BCUT2D eigenvalue weighted by molar-refractivity contribution is -0.131. The second kappa shape index (κ2) is 9.74. The third-order valence-electron chi connectivity index (χ3n) is 5.33. The summed E-state index contributed by atoms with van der Waals surface area (Å²) in [6.07, 6.45) is 0.850. The lowest BCUT2D eigenvalue weighted by atomic mass is 9.84. The van der Waals surface area contributed by atoms with Crippen LogP contribution in [0, 0.1) is 11.8 Å². The minimum Gasteiger partial charge on any atom is -0.351 e. The molecule has 32 heavy (non-hydrogen) atoms. The molecule has 1 aliphatic heterocycles. The van der Waals surface area contributed by atoms with Gasteiger partial charge in [-0.15, -0.1) is 0 Å². The molecule has 3 atom stereocenters. The predicted octanol–water partition coefficient (Wildman–Crippen LogP) is 0.704. The fraction of sp³-hybridized carbons (Fsp3) is 0.800. The van der Waals surface area contributed by atoms with Gasteiger partial charge in [0, 0.05) is 23.8 Å². The monoisotopic (exact) mass is 476 g/mol. The molecule has 1 fully saturated rings. The first kappa shape index (κ1) is 27.8. The van der Waals surface area contributed by atoms with Crippen LogP contribution < -0.4 is 21.3 Å². The molecule has 1 rings (SSSR count). The highest BCUT2D eigenvalue weighted by Crippen LogP contribution is 2.25. The molecule has 1 aliphatic rings. The SMILES string of the molecule is CCC(CC(C)C(=O)NC(C)(C)CS(=O)(=O)O)C(=O)NC(C)(C)CC1(C)NC(=O)NC1=O. The Bertz CT molecular complexity index is 869. The normalized spacial score (nSPS) is 21.4. The van der Waals surface area contributed by atoms with Gasteiger partial charge in [-0.05, 0) is 47.5 Å². The summed E-state index contributed by atoms with van der Waals surface area (Å²) in [6.45, 7) is 11.5. The first-order valence-corrected chi connectivity index (χ1v) is 12.1. The van der Waals surface area contributed by atoms with Crippen molar-refractivity contribution in [2.45, 2.75) is 84.3 Å². The van der Waals surface area contributed by atoms with E-state index in [0.29, 0.717) is 6.42 Å². The zero-order valence-electron chi connectivity index (χ0n) is 19.8. The van der Waals surface area contributed by atoms with Gasteiger partial charge in [0.15, 0.2) is 0 Å². The number of nitrogens with one attached hydrogen (secondary N) is 4. The Labute approximate surface area is 189 Å². The molecular formula is C20H36N4O7S. The van der Waals surface area contributed by atoms with E-state index in [1.54, 1.807) is 27.7 Å².